The number of nitrogens with one attached hydrogen (secondary N) is 1. The van der Waals surface area contributed by atoms with E-state index in [2.05, 4.69) is 5.32 Å². The number of anilines is 1. The Kier molecular flexibility index (Phi) is 4.70. The maximum Gasteiger partial charge on any atom is 0.323 e. The predicted molar refractivity (Wildman–Crippen MR) is 115 cm³/mol. The van der Waals surface area contributed by atoms with Gasteiger partial charge < -0.3 is 4.74 Å². The Morgan fingerprint density at radius 1 is 1.06 bits per heavy atom. The van der Waals surface area contributed by atoms with Gasteiger partial charge in [-0.1, -0.05) is 48.0 Å². The molecule has 160 valence electrons. The third-order valence-corrected chi connectivity index (χ3v) is 6.90. The second-order valence-corrected chi connectivity index (χ2v) is 8.76. The zero-order valence-corrected chi connectivity index (χ0v) is 17.7. The smallest absolute Gasteiger partial charge is 0.323 e. The van der Waals surface area contributed by atoms with E-state index in [0.29, 0.717) is 12.8 Å². The predicted octanol–water partition coefficient (Wildman–Crippen LogP) is 2.95. The molecule has 6 heteroatoms. The van der Waals surface area contributed by atoms with Crippen LogP contribution in [0.2, 0.25) is 0 Å². The minimum Gasteiger partial charge on any atom is -0.465 e. The monoisotopic (exact) mass is 418 g/mol. The standard InChI is InChI=1S/C25H26N2O4/c1-3-31-23(29)20-18(16-7-5-4-6-8-16)19-21(28)25(13-14-25)24(30)27(22(19)26-20)17-11-9-15(2)10-12-17/h4-12,18-20,22,26H,3,13-14H2,1-2H3/t18-,19+,20?,22-/m1/s1. The molecule has 3 fully saturated rings. The van der Waals surface area contributed by atoms with Gasteiger partial charge in [-0.15, -0.1) is 0 Å². The van der Waals surface area contributed by atoms with E-state index in [-0.39, 0.29) is 24.3 Å². The van der Waals surface area contributed by atoms with Gasteiger partial charge in [0.15, 0.2) is 5.78 Å². The summed E-state index contributed by atoms with van der Waals surface area (Å²) in [6.07, 6.45) is 0.553. The van der Waals surface area contributed by atoms with Crippen LogP contribution in [0.1, 0.15) is 36.8 Å². The summed E-state index contributed by atoms with van der Waals surface area (Å²) in [6, 6.07) is 16.7. The number of benzene rings is 2. The second-order valence-electron chi connectivity index (χ2n) is 8.76. The van der Waals surface area contributed by atoms with Crippen LogP contribution in [0, 0.1) is 18.3 Å². The average Bonchev–Trinajstić information content (AvgIpc) is 3.49. The van der Waals surface area contributed by atoms with Gasteiger partial charge in [0.1, 0.15) is 11.5 Å². The van der Waals surface area contributed by atoms with Crippen molar-refractivity contribution in [1.29, 1.82) is 0 Å². The van der Waals surface area contributed by atoms with E-state index < -0.39 is 29.5 Å². The molecule has 1 spiro atoms. The molecule has 1 N–H and O–H groups in total. The number of ether oxygens (including phenoxy) is 1. The van der Waals surface area contributed by atoms with Gasteiger partial charge in [0.2, 0.25) is 5.91 Å². The number of nitrogens with zero attached hydrogens (tertiary/aromatic N) is 1. The van der Waals surface area contributed by atoms with Crippen LogP contribution in [0.3, 0.4) is 0 Å². The fourth-order valence-corrected chi connectivity index (χ4v) is 5.21. The highest BCUT2D eigenvalue weighted by Crippen LogP contribution is 2.57. The molecule has 1 saturated carbocycles. The number of hydrogen-bond donors (Lipinski definition) is 1. The lowest BCUT2D eigenvalue weighted by Gasteiger charge is -2.41. The van der Waals surface area contributed by atoms with Gasteiger partial charge in [-0.05, 0) is 44.4 Å². The number of aryl methyl sites for hydroxylation is 1. The van der Waals surface area contributed by atoms with E-state index in [0.717, 1.165) is 16.8 Å². The fourth-order valence-electron chi connectivity index (χ4n) is 5.21. The molecular formula is C25H26N2O4. The number of esters is 1. The molecule has 6 nitrogen and oxygen atoms in total. The van der Waals surface area contributed by atoms with E-state index in [9.17, 15) is 14.4 Å². The van der Waals surface area contributed by atoms with E-state index in [1.165, 1.54) is 0 Å². The minimum atomic E-state index is -0.954. The molecule has 5 rings (SSSR count). The second kappa shape index (κ2) is 7.31. The van der Waals surface area contributed by atoms with Crippen molar-refractivity contribution >= 4 is 23.3 Å². The third kappa shape index (κ3) is 3.00. The van der Waals surface area contributed by atoms with Crippen LogP contribution < -0.4 is 10.2 Å². The summed E-state index contributed by atoms with van der Waals surface area (Å²) in [4.78, 5) is 41.9. The molecule has 2 aliphatic heterocycles. The fraction of sp³-hybridized carbons (Fsp3) is 0.400. The molecule has 1 amide bonds. The van der Waals surface area contributed by atoms with Crippen LogP contribution in [-0.4, -0.2) is 36.5 Å². The zero-order valence-electron chi connectivity index (χ0n) is 17.7. The van der Waals surface area contributed by atoms with Crippen LogP contribution in [0.25, 0.3) is 0 Å². The van der Waals surface area contributed by atoms with Crippen molar-refractivity contribution in [2.75, 3.05) is 11.5 Å². The van der Waals surface area contributed by atoms with Crippen molar-refractivity contribution in [3.05, 3.63) is 65.7 Å². The van der Waals surface area contributed by atoms with Crippen LogP contribution in [0.5, 0.6) is 0 Å². The quantitative estimate of drug-likeness (QED) is 0.610. The summed E-state index contributed by atoms with van der Waals surface area (Å²) in [5, 5.41) is 3.33. The number of hydrogen-bond acceptors (Lipinski definition) is 5. The molecule has 1 aliphatic carbocycles. The molecule has 0 aromatic heterocycles. The van der Waals surface area contributed by atoms with Gasteiger partial charge in [-0.25, -0.2) is 0 Å². The summed E-state index contributed by atoms with van der Waals surface area (Å²) in [5.74, 6) is -1.50. The zero-order chi connectivity index (χ0) is 21.8. The Morgan fingerprint density at radius 2 is 1.74 bits per heavy atom. The van der Waals surface area contributed by atoms with E-state index >= 15 is 0 Å². The maximum absolute atomic E-state index is 13.7. The van der Waals surface area contributed by atoms with E-state index in [1.54, 1.807) is 11.8 Å². The number of rotatable bonds is 4. The Morgan fingerprint density at radius 3 is 2.35 bits per heavy atom. The summed E-state index contributed by atoms with van der Waals surface area (Å²) >= 11 is 0. The highest BCUT2D eigenvalue weighted by Gasteiger charge is 2.69. The highest BCUT2D eigenvalue weighted by molar-refractivity contribution is 6.19. The molecule has 0 radical (unpaired) electrons. The third-order valence-electron chi connectivity index (χ3n) is 6.90. The number of Topliss-reactive ketones (excluding diaryl/α,β-unsaturated/α-hetero) is 1. The SMILES string of the molecule is CCOC(=O)C1N[C@H]2[C@H](C(=O)C3(CC3)C(=O)N2c2ccc(C)cc2)[C@H]1c1ccccc1. The molecule has 2 heterocycles. The summed E-state index contributed by atoms with van der Waals surface area (Å²) < 4.78 is 5.35. The first kappa shape index (κ1) is 19.9. The van der Waals surface area contributed by atoms with E-state index in [4.69, 9.17) is 4.74 Å². The van der Waals surface area contributed by atoms with Crippen molar-refractivity contribution in [3.63, 3.8) is 0 Å². The lowest BCUT2D eigenvalue weighted by molar-refractivity contribution is -0.145. The normalized spacial score (nSPS) is 28.5. The number of carbonyl (C=O) groups is 3. The minimum absolute atomic E-state index is 0.0426. The molecular weight excluding hydrogens is 392 g/mol. The van der Waals surface area contributed by atoms with Crippen LogP contribution in [0.15, 0.2) is 54.6 Å². The Bertz CT molecular complexity index is 1030. The van der Waals surface area contributed by atoms with Crippen molar-refractivity contribution in [2.24, 2.45) is 11.3 Å². The van der Waals surface area contributed by atoms with Gasteiger partial charge in [-0.3, -0.25) is 24.6 Å². The molecule has 0 bridgehead atoms. The average molecular weight is 418 g/mol. The van der Waals surface area contributed by atoms with E-state index in [1.807, 2.05) is 61.5 Å². The maximum atomic E-state index is 13.7. The first-order chi connectivity index (χ1) is 15.0. The molecule has 1 unspecified atom stereocenters. The Balaban J connectivity index is 1.63. The molecule has 3 aliphatic rings. The summed E-state index contributed by atoms with van der Waals surface area (Å²) in [6.45, 7) is 4.02. The van der Waals surface area contributed by atoms with Gasteiger partial charge in [-0.2, -0.15) is 0 Å². The Labute approximate surface area is 181 Å². The molecule has 2 aromatic rings. The van der Waals surface area contributed by atoms with Gasteiger partial charge in [0.05, 0.1) is 18.7 Å². The van der Waals surface area contributed by atoms with Crippen molar-refractivity contribution in [2.45, 2.75) is 44.8 Å². The lowest BCUT2D eigenvalue weighted by Crippen LogP contribution is -2.61. The first-order valence-electron chi connectivity index (χ1n) is 10.9. The Hall–Kier alpha value is -2.99. The van der Waals surface area contributed by atoms with Crippen molar-refractivity contribution < 1.29 is 19.1 Å². The number of fused-ring (bicyclic) bond motifs is 1. The number of piperidine rings is 1. The molecule has 31 heavy (non-hydrogen) atoms. The van der Waals surface area contributed by atoms with Crippen LogP contribution >= 0.6 is 0 Å². The highest BCUT2D eigenvalue weighted by atomic mass is 16.5. The largest absolute Gasteiger partial charge is 0.465 e. The molecule has 4 atom stereocenters. The van der Waals surface area contributed by atoms with Gasteiger partial charge >= 0.3 is 5.97 Å². The summed E-state index contributed by atoms with van der Waals surface area (Å²) in [5.41, 5.74) is 1.79. The summed E-state index contributed by atoms with van der Waals surface area (Å²) in [7, 11) is 0. The number of carbonyl (C=O) groups excluding carboxylic acids is 3. The van der Waals surface area contributed by atoms with Crippen molar-refractivity contribution in [1.82, 2.24) is 5.32 Å². The first-order valence-corrected chi connectivity index (χ1v) is 10.9. The molecule has 2 saturated heterocycles. The topological polar surface area (TPSA) is 75.7 Å². The number of amides is 1. The van der Waals surface area contributed by atoms with Crippen LogP contribution in [-0.2, 0) is 19.1 Å². The van der Waals surface area contributed by atoms with Gasteiger partial charge in [0, 0.05) is 11.6 Å². The van der Waals surface area contributed by atoms with Crippen LogP contribution in [0.4, 0.5) is 5.69 Å². The van der Waals surface area contributed by atoms with Crippen molar-refractivity contribution in [3.8, 4) is 0 Å². The number of ketones is 1. The lowest BCUT2D eigenvalue weighted by atomic mass is 9.73. The van der Waals surface area contributed by atoms with Gasteiger partial charge in [0.25, 0.3) is 0 Å². The molecule has 2 aromatic carbocycles.